The van der Waals surface area contributed by atoms with Gasteiger partial charge >= 0.3 is 0 Å². The van der Waals surface area contributed by atoms with Crippen LogP contribution in [0, 0.1) is 5.92 Å². The maximum Gasteiger partial charge on any atom is 0.204 e. The van der Waals surface area contributed by atoms with Crippen molar-refractivity contribution in [2.24, 2.45) is 5.92 Å². The lowest BCUT2D eigenvalue weighted by Gasteiger charge is -2.35. The molecule has 8 nitrogen and oxygen atoms in total. The monoisotopic (exact) mass is 410 g/mol. The first kappa shape index (κ1) is 20.2. The Hall–Kier alpha value is -3.13. The molecule has 30 heavy (non-hydrogen) atoms. The molecule has 158 valence electrons. The van der Waals surface area contributed by atoms with E-state index in [1.165, 1.54) is 0 Å². The smallest absolute Gasteiger partial charge is 0.204 e. The van der Waals surface area contributed by atoms with Gasteiger partial charge in [0.1, 0.15) is 0 Å². The van der Waals surface area contributed by atoms with Crippen molar-refractivity contribution >= 4 is 16.6 Å². The lowest BCUT2D eigenvalue weighted by Crippen LogP contribution is -2.36. The van der Waals surface area contributed by atoms with E-state index in [9.17, 15) is 5.11 Å². The number of piperidine rings is 1. The van der Waals surface area contributed by atoms with Gasteiger partial charge in [-0.25, -0.2) is 0 Å². The summed E-state index contributed by atoms with van der Waals surface area (Å²) >= 11 is 0. The number of fused-ring (bicyclic) bond motifs is 1. The molecule has 0 amide bonds. The Morgan fingerprint density at radius 3 is 2.43 bits per heavy atom. The summed E-state index contributed by atoms with van der Waals surface area (Å²) in [6.45, 7) is 1.53. The van der Waals surface area contributed by atoms with Crippen molar-refractivity contribution in [2.75, 3.05) is 39.3 Å². The van der Waals surface area contributed by atoms with E-state index in [0.717, 1.165) is 48.2 Å². The van der Waals surface area contributed by atoms with Crippen LogP contribution in [0.1, 0.15) is 24.6 Å². The fraction of sp³-hybridized carbons (Fsp3) is 0.409. The fourth-order valence-electron chi connectivity index (χ4n) is 4.14. The molecule has 1 aliphatic heterocycles. The summed E-state index contributed by atoms with van der Waals surface area (Å²) in [5.41, 5.74) is 0.725. The Labute approximate surface area is 175 Å². The molecule has 2 aromatic heterocycles. The summed E-state index contributed by atoms with van der Waals surface area (Å²) in [4.78, 5) is 6.50. The maximum atomic E-state index is 10.7. The van der Waals surface area contributed by atoms with Gasteiger partial charge in [0.25, 0.3) is 0 Å². The van der Waals surface area contributed by atoms with Gasteiger partial charge in [-0.05, 0) is 37.0 Å². The first-order valence-corrected chi connectivity index (χ1v) is 9.96. The number of methoxy groups -OCH3 is 3. The second kappa shape index (κ2) is 8.71. The van der Waals surface area contributed by atoms with Crippen molar-refractivity contribution in [3.8, 4) is 17.2 Å². The van der Waals surface area contributed by atoms with Crippen LogP contribution in [-0.2, 0) is 0 Å². The molecule has 1 aromatic carbocycles. The van der Waals surface area contributed by atoms with Crippen LogP contribution in [0.5, 0.6) is 17.2 Å². The van der Waals surface area contributed by atoms with Gasteiger partial charge in [-0.1, -0.05) is 6.07 Å². The molecule has 3 aromatic rings. The van der Waals surface area contributed by atoms with Crippen LogP contribution in [0.2, 0.25) is 0 Å². The van der Waals surface area contributed by atoms with Crippen molar-refractivity contribution < 1.29 is 19.3 Å². The van der Waals surface area contributed by atoms with Crippen LogP contribution in [-0.4, -0.2) is 54.7 Å². The number of aromatic nitrogens is 3. The number of anilines is 1. The molecule has 0 spiro atoms. The maximum absolute atomic E-state index is 10.7. The summed E-state index contributed by atoms with van der Waals surface area (Å²) in [6, 6.07) is 7.55. The molecule has 1 atom stereocenters. The number of pyridine rings is 1. The van der Waals surface area contributed by atoms with Crippen molar-refractivity contribution in [1.29, 1.82) is 0 Å². The SMILES string of the molecule is COc1cc2c(N3CCC(C(O)c4ccccn4)CC3)nncc2c(OC)c1OC. The Morgan fingerprint density at radius 1 is 1.03 bits per heavy atom. The molecule has 1 unspecified atom stereocenters. The van der Waals surface area contributed by atoms with Crippen molar-refractivity contribution in [3.05, 3.63) is 42.4 Å². The van der Waals surface area contributed by atoms with Gasteiger partial charge in [-0.2, -0.15) is 5.10 Å². The molecule has 8 heteroatoms. The Balaban J connectivity index is 1.62. The minimum Gasteiger partial charge on any atom is -0.493 e. The van der Waals surface area contributed by atoms with Crippen LogP contribution in [0.15, 0.2) is 36.7 Å². The Kier molecular flexibility index (Phi) is 5.85. The zero-order valence-electron chi connectivity index (χ0n) is 17.4. The standard InChI is InChI=1S/C22H26N4O4/c1-28-18-12-15-16(20(29-2)21(18)30-3)13-24-25-22(15)26-10-7-14(8-11-26)19(27)17-6-4-5-9-23-17/h4-6,9,12-14,19,27H,7-8,10-11H2,1-3H3. The van der Waals surface area contributed by atoms with Gasteiger partial charge in [-0.3, -0.25) is 4.98 Å². The van der Waals surface area contributed by atoms with Crippen LogP contribution < -0.4 is 19.1 Å². The van der Waals surface area contributed by atoms with Crippen molar-refractivity contribution in [2.45, 2.75) is 18.9 Å². The molecule has 0 aliphatic carbocycles. The minimum atomic E-state index is -0.559. The van der Waals surface area contributed by atoms with Crippen molar-refractivity contribution in [1.82, 2.24) is 15.2 Å². The molecule has 0 saturated carbocycles. The molecular weight excluding hydrogens is 384 g/mol. The van der Waals surface area contributed by atoms with Gasteiger partial charge in [0, 0.05) is 24.7 Å². The molecular formula is C22H26N4O4. The van der Waals surface area contributed by atoms with Gasteiger partial charge in [-0.15, -0.1) is 5.10 Å². The summed E-state index contributed by atoms with van der Waals surface area (Å²) in [6.07, 6.45) is 4.50. The third-order valence-electron chi connectivity index (χ3n) is 5.73. The largest absolute Gasteiger partial charge is 0.493 e. The second-order valence-corrected chi connectivity index (χ2v) is 7.30. The number of benzene rings is 1. The first-order valence-electron chi connectivity index (χ1n) is 9.96. The van der Waals surface area contributed by atoms with Gasteiger partial charge in [0.05, 0.1) is 44.7 Å². The highest BCUT2D eigenvalue weighted by atomic mass is 16.5. The van der Waals surface area contributed by atoms with Crippen LogP contribution >= 0.6 is 0 Å². The van der Waals surface area contributed by atoms with Crippen LogP contribution in [0.4, 0.5) is 5.82 Å². The zero-order valence-corrected chi connectivity index (χ0v) is 17.4. The topological polar surface area (TPSA) is 89.8 Å². The van der Waals surface area contributed by atoms with E-state index < -0.39 is 6.10 Å². The molecule has 0 bridgehead atoms. The van der Waals surface area contributed by atoms with Gasteiger partial charge < -0.3 is 24.2 Å². The molecule has 1 N–H and O–H groups in total. The number of aliphatic hydroxyl groups excluding tert-OH is 1. The van der Waals surface area contributed by atoms with E-state index in [0.29, 0.717) is 17.2 Å². The number of ether oxygens (including phenoxy) is 3. The van der Waals surface area contributed by atoms with Crippen LogP contribution in [0.3, 0.4) is 0 Å². The zero-order chi connectivity index (χ0) is 21.1. The third-order valence-corrected chi connectivity index (χ3v) is 5.73. The van der Waals surface area contributed by atoms with E-state index in [1.54, 1.807) is 33.7 Å². The fourth-order valence-corrected chi connectivity index (χ4v) is 4.14. The number of nitrogens with zero attached hydrogens (tertiary/aromatic N) is 4. The minimum absolute atomic E-state index is 0.156. The average Bonchev–Trinajstić information content (AvgIpc) is 2.82. The van der Waals surface area contributed by atoms with E-state index >= 15 is 0 Å². The van der Waals surface area contributed by atoms with E-state index in [4.69, 9.17) is 14.2 Å². The Morgan fingerprint density at radius 2 is 1.80 bits per heavy atom. The van der Waals surface area contributed by atoms with Gasteiger partial charge in [0.15, 0.2) is 17.3 Å². The van der Waals surface area contributed by atoms with E-state index in [-0.39, 0.29) is 5.92 Å². The van der Waals surface area contributed by atoms with Crippen LogP contribution in [0.25, 0.3) is 10.8 Å². The number of aliphatic hydroxyl groups is 1. The average molecular weight is 410 g/mol. The second-order valence-electron chi connectivity index (χ2n) is 7.30. The quantitative estimate of drug-likeness (QED) is 0.663. The highest BCUT2D eigenvalue weighted by molar-refractivity contribution is 5.99. The normalized spacial score (nSPS) is 15.8. The summed E-state index contributed by atoms with van der Waals surface area (Å²) < 4.78 is 16.6. The molecule has 1 saturated heterocycles. The molecule has 3 heterocycles. The summed E-state index contributed by atoms with van der Waals surface area (Å²) in [5, 5.41) is 21.0. The summed E-state index contributed by atoms with van der Waals surface area (Å²) in [7, 11) is 4.78. The Bertz CT molecular complexity index is 1010. The van der Waals surface area contributed by atoms with E-state index in [2.05, 4.69) is 20.1 Å². The highest BCUT2D eigenvalue weighted by Crippen LogP contribution is 2.45. The highest BCUT2D eigenvalue weighted by Gasteiger charge is 2.29. The van der Waals surface area contributed by atoms with Gasteiger partial charge in [0.2, 0.25) is 5.75 Å². The van der Waals surface area contributed by atoms with Crippen molar-refractivity contribution in [3.63, 3.8) is 0 Å². The van der Waals surface area contributed by atoms with E-state index in [1.807, 2.05) is 24.3 Å². The summed E-state index contributed by atoms with van der Waals surface area (Å²) in [5.74, 6) is 2.62. The predicted molar refractivity (Wildman–Crippen MR) is 113 cm³/mol. The molecule has 0 radical (unpaired) electrons. The lowest BCUT2D eigenvalue weighted by molar-refractivity contribution is 0.0890. The molecule has 4 rings (SSSR count). The predicted octanol–water partition coefficient (Wildman–Crippen LogP) is 3.00. The molecule has 1 fully saturated rings. The number of rotatable bonds is 6. The number of hydrogen-bond acceptors (Lipinski definition) is 8. The number of hydrogen-bond donors (Lipinski definition) is 1. The first-order chi connectivity index (χ1) is 14.7. The molecule has 1 aliphatic rings. The lowest BCUT2D eigenvalue weighted by atomic mass is 9.89. The third kappa shape index (κ3) is 3.59.